The molecule has 0 bridgehead atoms. The number of pyridine rings is 1. The number of nitriles is 1. The van der Waals surface area contributed by atoms with Crippen molar-refractivity contribution >= 4 is 22.6 Å². The van der Waals surface area contributed by atoms with E-state index in [0.29, 0.717) is 18.8 Å². The standard InChI is InChI=1S/C19H22N4O2/c1-2-25-19(24)14-22-8-5-9-23(11-10-22)18-12-15(13-20)21-17-7-4-3-6-16(17)18/h3-4,6-7,12H,2,5,8-11,14H2,1H3. The molecule has 1 aromatic heterocycles. The molecule has 1 aliphatic heterocycles. The molecule has 0 aliphatic carbocycles. The molecule has 1 saturated heterocycles. The van der Waals surface area contributed by atoms with Crippen molar-refractivity contribution in [2.45, 2.75) is 13.3 Å². The van der Waals surface area contributed by atoms with Gasteiger partial charge < -0.3 is 9.64 Å². The van der Waals surface area contributed by atoms with Crippen LogP contribution in [0.4, 0.5) is 5.69 Å². The van der Waals surface area contributed by atoms with Crippen molar-refractivity contribution in [1.82, 2.24) is 9.88 Å². The molecule has 0 atom stereocenters. The van der Waals surface area contributed by atoms with E-state index in [-0.39, 0.29) is 5.97 Å². The number of anilines is 1. The van der Waals surface area contributed by atoms with Gasteiger partial charge in [0.25, 0.3) is 0 Å². The van der Waals surface area contributed by atoms with E-state index in [1.54, 1.807) is 0 Å². The van der Waals surface area contributed by atoms with Crippen LogP contribution >= 0.6 is 0 Å². The van der Waals surface area contributed by atoms with Crippen LogP contribution in [-0.4, -0.2) is 55.2 Å². The second kappa shape index (κ2) is 7.95. The molecule has 6 nitrogen and oxygen atoms in total. The summed E-state index contributed by atoms with van der Waals surface area (Å²) >= 11 is 0. The van der Waals surface area contributed by atoms with Crippen molar-refractivity contribution in [3.05, 3.63) is 36.0 Å². The zero-order valence-electron chi connectivity index (χ0n) is 14.4. The van der Waals surface area contributed by atoms with Crippen LogP contribution in [0.2, 0.25) is 0 Å². The number of hydrogen-bond acceptors (Lipinski definition) is 6. The topological polar surface area (TPSA) is 69.5 Å². The highest BCUT2D eigenvalue weighted by Crippen LogP contribution is 2.27. The van der Waals surface area contributed by atoms with E-state index >= 15 is 0 Å². The Morgan fingerprint density at radius 2 is 2.12 bits per heavy atom. The van der Waals surface area contributed by atoms with Gasteiger partial charge in [0.05, 0.1) is 18.7 Å². The number of fused-ring (bicyclic) bond motifs is 1. The first-order valence-corrected chi connectivity index (χ1v) is 8.64. The third kappa shape index (κ3) is 4.06. The fourth-order valence-electron chi connectivity index (χ4n) is 3.24. The SMILES string of the molecule is CCOC(=O)CN1CCCN(c2cc(C#N)nc3ccccc23)CC1. The van der Waals surface area contributed by atoms with Gasteiger partial charge in [-0.2, -0.15) is 5.26 Å². The zero-order chi connectivity index (χ0) is 17.6. The number of rotatable bonds is 4. The summed E-state index contributed by atoms with van der Waals surface area (Å²) in [6, 6.07) is 11.9. The second-order valence-electron chi connectivity index (χ2n) is 6.08. The molecule has 3 rings (SSSR count). The molecule has 6 heteroatoms. The molecular weight excluding hydrogens is 316 g/mol. The van der Waals surface area contributed by atoms with Crippen LogP contribution < -0.4 is 4.90 Å². The van der Waals surface area contributed by atoms with Gasteiger partial charge >= 0.3 is 5.97 Å². The Kier molecular flexibility index (Phi) is 5.46. The van der Waals surface area contributed by atoms with Crippen LogP contribution in [0, 0.1) is 11.3 Å². The average molecular weight is 338 g/mol. The van der Waals surface area contributed by atoms with Crippen LogP contribution in [-0.2, 0) is 9.53 Å². The van der Waals surface area contributed by atoms with E-state index in [1.165, 1.54) is 0 Å². The van der Waals surface area contributed by atoms with Crippen LogP contribution in [0.1, 0.15) is 19.0 Å². The van der Waals surface area contributed by atoms with Crippen LogP contribution in [0.3, 0.4) is 0 Å². The van der Waals surface area contributed by atoms with Crippen molar-refractivity contribution in [2.24, 2.45) is 0 Å². The van der Waals surface area contributed by atoms with Gasteiger partial charge in [-0.1, -0.05) is 18.2 Å². The molecule has 0 N–H and O–H groups in total. The first-order valence-electron chi connectivity index (χ1n) is 8.64. The van der Waals surface area contributed by atoms with E-state index in [2.05, 4.69) is 20.9 Å². The number of benzene rings is 1. The largest absolute Gasteiger partial charge is 0.465 e. The van der Waals surface area contributed by atoms with E-state index in [9.17, 15) is 10.1 Å². The summed E-state index contributed by atoms with van der Waals surface area (Å²) in [5.74, 6) is -0.169. The van der Waals surface area contributed by atoms with Gasteiger partial charge in [-0.15, -0.1) is 0 Å². The van der Waals surface area contributed by atoms with Gasteiger partial charge in [0.1, 0.15) is 11.8 Å². The number of hydrogen-bond donors (Lipinski definition) is 0. The van der Waals surface area contributed by atoms with Crippen LogP contribution in [0.25, 0.3) is 10.9 Å². The quantitative estimate of drug-likeness (QED) is 0.796. The highest BCUT2D eigenvalue weighted by atomic mass is 16.5. The van der Waals surface area contributed by atoms with Crippen molar-refractivity contribution in [2.75, 3.05) is 44.2 Å². The molecule has 1 fully saturated rings. The lowest BCUT2D eigenvalue weighted by atomic mass is 10.1. The average Bonchev–Trinajstić information content (AvgIpc) is 2.86. The van der Waals surface area contributed by atoms with Crippen LogP contribution in [0.5, 0.6) is 0 Å². The summed E-state index contributed by atoms with van der Waals surface area (Å²) < 4.78 is 5.05. The maximum absolute atomic E-state index is 11.7. The molecule has 130 valence electrons. The Labute approximate surface area is 147 Å². The predicted molar refractivity (Wildman–Crippen MR) is 96.4 cm³/mol. The summed E-state index contributed by atoms with van der Waals surface area (Å²) in [7, 11) is 0. The normalized spacial score (nSPS) is 15.6. The number of para-hydroxylation sites is 1. The number of carbonyl (C=O) groups is 1. The minimum atomic E-state index is -0.169. The first kappa shape index (κ1) is 17.2. The van der Waals surface area contributed by atoms with E-state index in [0.717, 1.165) is 49.2 Å². The van der Waals surface area contributed by atoms with Crippen molar-refractivity contribution in [3.8, 4) is 6.07 Å². The molecule has 25 heavy (non-hydrogen) atoms. The van der Waals surface area contributed by atoms with Crippen molar-refractivity contribution < 1.29 is 9.53 Å². The highest BCUT2D eigenvalue weighted by molar-refractivity contribution is 5.92. The van der Waals surface area contributed by atoms with E-state index in [1.807, 2.05) is 37.3 Å². The number of nitrogens with zero attached hydrogens (tertiary/aromatic N) is 4. The predicted octanol–water partition coefficient (Wildman–Crippen LogP) is 2.18. The molecule has 0 saturated carbocycles. The lowest BCUT2D eigenvalue weighted by Gasteiger charge is -2.25. The smallest absolute Gasteiger partial charge is 0.320 e. The molecule has 2 heterocycles. The molecule has 1 aliphatic rings. The zero-order valence-corrected chi connectivity index (χ0v) is 14.4. The van der Waals surface area contributed by atoms with Crippen LogP contribution in [0.15, 0.2) is 30.3 Å². The van der Waals surface area contributed by atoms with Gasteiger partial charge in [0.15, 0.2) is 0 Å². The Balaban J connectivity index is 1.80. The fourth-order valence-corrected chi connectivity index (χ4v) is 3.24. The lowest BCUT2D eigenvalue weighted by Crippen LogP contribution is -2.35. The second-order valence-corrected chi connectivity index (χ2v) is 6.08. The van der Waals surface area contributed by atoms with Gasteiger partial charge in [-0.25, -0.2) is 4.98 Å². The van der Waals surface area contributed by atoms with Gasteiger partial charge in [-0.05, 0) is 25.5 Å². The number of carbonyl (C=O) groups excluding carboxylic acids is 1. The maximum atomic E-state index is 11.7. The third-order valence-corrected chi connectivity index (χ3v) is 4.40. The molecule has 0 amide bonds. The molecule has 0 radical (unpaired) electrons. The van der Waals surface area contributed by atoms with Gasteiger partial charge in [0, 0.05) is 37.3 Å². The Morgan fingerprint density at radius 1 is 1.28 bits per heavy atom. The van der Waals surface area contributed by atoms with E-state index < -0.39 is 0 Å². The minimum Gasteiger partial charge on any atom is -0.465 e. The summed E-state index contributed by atoms with van der Waals surface area (Å²) in [6.07, 6.45) is 0.956. The fraction of sp³-hybridized carbons (Fsp3) is 0.421. The number of ether oxygens (including phenoxy) is 1. The monoisotopic (exact) mass is 338 g/mol. The Hall–Kier alpha value is -2.65. The summed E-state index contributed by atoms with van der Waals surface area (Å²) in [4.78, 5) is 20.5. The molecule has 2 aromatic rings. The molecular formula is C19H22N4O2. The van der Waals surface area contributed by atoms with E-state index in [4.69, 9.17) is 4.74 Å². The highest BCUT2D eigenvalue weighted by Gasteiger charge is 2.19. The first-order chi connectivity index (χ1) is 12.2. The number of esters is 1. The molecule has 0 spiro atoms. The Bertz CT molecular complexity index is 800. The summed E-state index contributed by atoms with van der Waals surface area (Å²) in [5, 5.41) is 10.3. The van der Waals surface area contributed by atoms with Crippen molar-refractivity contribution in [3.63, 3.8) is 0 Å². The molecule has 1 aromatic carbocycles. The van der Waals surface area contributed by atoms with Gasteiger partial charge in [0.2, 0.25) is 0 Å². The lowest BCUT2D eigenvalue weighted by molar-refractivity contribution is -0.144. The summed E-state index contributed by atoms with van der Waals surface area (Å²) in [5.41, 5.74) is 2.31. The summed E-state index contributed by atoms with van der Waals surface area (Å²) in [6.45, 7) is 5.92. The maximum Gasteiger partial charge on any atom is 0.320 e. The third-order valence-electron chi connectivity index (χ3n) is 4.40. The minimum absolute atomic E-state index is 0.169. The Morgan fingerprint density at radius 3 is 2.92 bits per heavy atom. The van der Waals surface area contributed by atoms with Crippen molar-refractivity contribution in [1.29, 1.82) is 5.26 Å². The molecule has 0 unspecified atom stereocenters. The van der Waals surface area contributed by atoms with Gasteiger partial charge in [-0.3, -0.25) is 9.69 Å². The number of aromatic nitrogens is 1.